The zero-order valence-corrected chi connectivity index (χ0v) is 28.5. The Bertz CT molecular complexity index is 1240. The minimum atomic E-state index is -5.71. The van der Waals surface area contributed by atoms with Crippen LogP contribution in [0.15, 0.2) is 17.1 Å². The van der Waals surface area contributed by atoms with Crippen molar-refractivity contribution in [2.24, 2.45) is 0 Å². The number of phosphoric ester groups is 1. The minimum Gasteiger partial charge on any atom is -0.383 e. The molecule has 1 radical (unpaired) electrons. The number of rotatable bonds is 16. The number of nitrogens with two attached hydrogens (primary N) is 1. The maximum Gasteiger partial charge on any atom is 0.490 e. The fourth-order valence-corrected chi connectivity index (χ4v) is 8.24. The first kappa shape index (κ1) is 38.9. The number of nitrogens with zero attached hydrogens (tertiary/aromatic N) is 2. The van der Waals surface area contributed by atoms with Crippen molar-refractivity contribution in [3.63, 3.8) is 0 Å². The van der Waals surface area contributed by atoms with Gasteiger partial charge in [0.25, 0.3) is 0 Å². The summed E-state index contributed by atoms with van der Waals surface area (Å²) in [7, 11) is -14.0. The van der Waals surface area contributed by atoms with Crippen LogP contribution in [0, 0.1) is 6.92 Å². The summed E-state index contributed by atoms with van der Waals surface area (Å²) in [6, 6.07) is 1.35. The van der Waals surface area contributed by atoms with Gasteiger partial charge in [-0.2, -0.15) is 13.6 Å². The van der Waals surface area contributed by atoms with Gasteiger partial charge in [-0.05, 0) is 19.9 Å². The first-order chi connectivity index (χ1) is 18.3. The van der Waals surface area contributed by atoms with E-state index < -0.39 is 54.2 Å². The van der Waals surface area contributed by atoms with E-state index in [0.717, 1.165) is 4.57 Å². The molecule has 3 unspecified atom stereocenters. The van der Waals surface area contributed by atoms with Gasteiger partial charge < -0.3 is 47.0 Å². The molecule has 1 aromatic heterocycles. The van der Waals surface area contributed by atoms with E-state index in [9.17, 15) is 33.1 Å². The molecular weight excluding hydrogens is 827 g/mol. The molecule has 18 nitrogen and oxygen atoms in total. The van der Waals surface area contributed by atoms with Crippen LogP contribution >= 0.6 is 45.1 Å². The Morgan fingerprint density at radius 3 is 2.51 bits per heavy atom. The molecule has 1 aliphatic rings. The number of anilines is 1. The molecular formula is C17H30N4O14P3ReS2-. The van der Waals surface area contributed by atoms with Gasteiger partial charge in [0.05, 0.1) is 12.7 Å². The Balaban J connectivity index is 0.00000840. The number of nitrogens with one attached hydrogen (secondary N) is 1. The summed E-state index contributed by atoms with van der Waals surface area (Å²) in [5, 5.41) is 2.74. The number of nitrogen functional groups attached to an aromatic ring is 1. The van der Waals surface area contributed by atoms with Crippen LogP contribution in [0.1, 0.15) is 32.9 Å². The molecule has 0 spiro atoms. The number of amides is 1. The Labute approximate surface area is 256 Å². The molecule has 1 aromatic rings. The standard InChI is InChI=1S/C17H30N4O14P3S2.Re/c1-4-14(22)19-9-17(2,3)40-39-10-31-11-7-15(21-6-5-13(18)20-16(21)23)33-12(11)8-32-37(27,28)35-38(29,30)34-36(24,25)26;/h5-6,11-12,15H,1,4,7-10H2,2-3H3,(H,19,22)(H,27,28)(H,29,30)(H2,18,20,23)(H2,24,25,26);/q-1;/t11?,12-,15-;/m1./s1. The molecule has 1 saturated heterocycles. The van der Waals surface area contributed by atoms with Crippen molar-refractivity contribution >= 4 is 56.8 Å². The zero-order valence-electron chi connectivity index (χ0n) is 21.5. The maximum absolute atomic E-state index is 12.3. The van der Waals surface area contributed by atoms with Crippen LogP contribution in [0.25, 0.3) is 0 Å². The summed E-state index contributed by atoms with van der Waals surface area (Å²) >= 11 is 0. The number of carbonyl (C=O) groups is 1. The van der Waals surface area contributed by atoms with Crippen LogP contribution in [-0.2, 0) is 61.5 Å². The second-order valence-electron chi connectivity index (χ2n) is 8.60. The Morgan fingerprint density at radius 2 is 1.93 bits per heavy atom. The Morgan fingerprint density at radius 1 is 1.27 bits per heavy atom. The van der Waals surface area contributed by atoms with E-state index >= 15 is 0 Å². The number of carbonyl (C=O) groups excluding carboxylic acids is 1. The van der Waals surface area contributed by atoms with Crippen LogP contribution in [0.3, 0.4) is 0 Å². The van der Waals surface area contributed by atoms with Crippen LogP contribution in [0.4, 0.5) is 5.82 Å². The van der Waals surface area contributed by atoms with Gasteiger partial charge in [0.15, 0.2) is 5.91 Å². The van der Waals surface area contributed by atoms with E-state index in [0.29, 0.717) is 6.54 Å². The van der Waals surface area contributed by atoms with Gasteiger partial charge in [-0.3, -0.25) is 13.9 Å². The van der Waals surface area contributed by atoms with Gasteiger partial charge >= 0.3 is 29.2 Å². The molecule has 24 heteroatoms. The second kappa shape index (κ2) is 16.2. The number of aromatic nitrogens is 2. The van der Waals surface area contributed by atoms with E-state index in [-0.39, 0.29) is 55.7 Å². The molecule has 1 amide bonds. The van der Waals surface area contributed by atoms with Crippen LogP contribution < -0.4 is 16.7 Å². The third kappa shape index (κ3) is 14.4. The molecule has 5 atom stereocenters. The summed E-state index contributed by atoms with van der Waals surface area (Å²) < 4.78 is 58.9. The first-order valence-corrected chi connectivity index (χ1v) is 17.9. The average molecular weight is 858 g/mol. The van der Waals surface area contributed by atoms with Gasteiger partial charge in [-0.25, -0.2) is 18.5 Å². The maximum atomic E-state index is 12.3. The van der Waals surface area contributed by atoms with E-state index in [1.807, 2.05) is 13.8 Å². The summed E-state index contributed by atoms with van der Waals surface area (Å²) in [5.74, 6) is -0.160. The quantitative estimate of drug-likeness (QED) is 0.0450. The van der Waals surface area contributed by atoms with Crippen molar-refractivity contribution in [3.05, 3.63) is 29.7 Å². The van der Waals surface area contributed by atoms with Crippen LogP contribution in [0.2, 0.25) is 0 Å². The normalized spacial score (nSPS) is 22.4. The third-order valence-electron chi connectivity index (χ3n) is 4.71. The SMILES string of the molecule is [CH2-]CC(=O)NCC(C)(C)SSCOC1C[C@H](n2ccc(N)nc2=O)O[C@@H]1COP(=O)(O)OP(=O)(O)OP(=O)(O)O.[Re]. The Hall–Kier alpha value is -0.158. The average Bonchev–Trinajstić information content (AvgIpc) is 3.19. The summed E-state index contributed by atoms with van der Waals surface area (Å²) in [4.78, 5) is 63.8. The Kier molecular flexibility index (Phi) is 15.4. The monoisotopic (exact) mass is 858 g/mol. The second-order valence-corrected chi connectivity index (χ2v) is 16.0. The molecule has 0 aromatic carbocycles. The van der Waals surface area contributed by atoms with Gasteiger partial charge in [-0.1, -0.05) is 21.6 Å². The molecule has 2 rings (SSSR count). The summed E-state index contributed by atoms with van der Waals surface area (Å²) in [5.41, 5.74) is 4.77. The predicted molar refractivity (Wildman–Crippen MR) is 143 cm³/mol. The first-order valence-electron chi connectivity index (χ1n) is 11.1. The minimum absolute atomic E-state index is 0. The zero-order chi connectivity index (χ0) is 30.4. The number of hydrogen-bond acceptors (Lipinski definition) is 14. The van der Waals surface area contributed by atoms with Gasteiger partial charge in [0.2, 0.25) is 0 Å². The smallest absolute Gasteiger partial charge is 0.383 e. The van der Waals surface area contributed by atoms with Crippen molar-refractivity contribution < 1.29 is 81.1 Å². The van der Waals surface area contributed by atoms with Crippen LogP contribution in [0.5, 0.6) is 0 Å². The van der Waals surface area contributed by atoms with Crippen molar-refractivity contribution in [2.75, 3.05) is 24.8 Å². The molecule has 0 aliphatic carbocycles. The molecule has 1 fully saturated rings. The predicted octanol–water partition coefficient (Wildman–Crippen LogP) is 1.30. The number of phosphoric acid groups is 3. The van der Waals surface area contributed by atoms with E-state index in [4.69, 9.17) is 29.5 Å². The summed E-state index contributed by atoms with van der Waals surface area (Å²) in [6.07, 6.45) is -1.46. The molecule has 7 N–H and O–H groups in total. The van der Waals surface area contributed by atoms with Crippen molar-refractivity contribution in [1.82, 2.24) is 14.9 Å². The number of ether oxygens (including phenoxy) is 2. The van der Waals surface area contributed by atoms with Gasteiger partial charge in [0.1, 0.15) is 24.1 Å². The fraction of sp³-hybridized carbons (Fsp3) is 0.647. The van der Waals surface area contributed by atoms with Crippen molar-refractivity contribution in [3.8, 4) is 0 Å². The summed E-state index contributed by atoms with van der Waals surface area (Å²) in [6.45, 7) is 6.89. The molecule has 1 aliphatic heterocycles. The molecule has 0 bridgehead atoms. The third-order valence-corrected chi connectivity index (χ3v) is 11.5. The van der Waals surface area contributed by atoms with E-state index in [1.165, 1.54) is 33.9 Å². The van der Waals surface area contributed by atoms with Crippen molar-refractivity contribution in [1.29, 1.82) is 0 Å². The van der Waals surface area contributed by atoms with Gasteiger partial charge in [-0.15, -0.1) is 6.42 Å². The molecule has 2 heterocycles. The molecule has 0 saturated carbocycles. The topological polar surface area (TPSA) is 268 Å². The van der Waals surface area contributed by atoms with Gasteiger partial charge in [0, 0.05) is 44.3 Å². The largest absolute Gasteiger partial charge is 0.490 e. The van der Waals surface area contributed by atoms with E-state index in [2.05, 4.69) is 25.8 Å². The van der Waals surface area contributed by atoms with Crippen LogP contribution in [-0.4, -0.2) is 71.1 Å². The fourth-order valence-electron chi connectivity index (χ4n) is 3.04. The molecule has 41 heavy (non-hydrogen) atoms. The van der Waals surface area contributed by atoms with E-state index in [1.54, 1.807) is 0 Å². The van der Waals surface area contributed by atoms with Crippen molar-refractivity contribution in [2.45, 2.75) is 49.9 Å². The number of hydrogen-bond donors (Lipinski definition) is 6. The molecule has 237 valence electrons.